The fourth-order valence-corrected chi connectivity index (χ4v) is 1.74. The van der Waals surface area contributed by atoms with E-state index in [1.165, 1.54) is 10.9 Å². The zero-order valence-electron chi connectivity index (χ0n) is 9.29. The third kappa shape index (κ3) is 2.05. The highest BCUT2D eigenvalue weighted by Crippen LogP contribution is 2.24. The molecule has 17 heavy (non-hydrogen) atoms. The lowest BCUT2D eigenvalue weighted by Gasteiger charge is -2.03. The molecule has 0 unspecified atom stereocenters. The summed E-state index contributed by atoms with van der Waals surface area (Å²) in [5, 5.41) is 22.1. The van der Waals surface area contributed by atoms with Gasteiger partial charge in [-0.15, -0.1) is 0 Å². The summed E-state index contributed by atoms with van der Waals surface area (Å²) in [6.45, 7) is -0.0729. The van der Waals surface area contributed by atoms with Crippen LogP contribution < -0.4 is 0 Å². The van der Waals surface area contributed by atoms with E-state index in [4.69, 9.17) is 10.2 Å². The van der Waals surface area contributed by atoms with E-state index in [1.807, 2.05) is 0 Å². The molecular weight excluding hydrogens is 220 g/mol. The lowest BCUT2D eigenvalue weighted by Crippen LogP contribution is -2.06. The number of rotatable bonds is 3. The molecule has 88 valence electrons. The first-order valence-corrected chi connectivity index (χ1v) is 5.09. The summed E-state index contributed by atoms with van der Waals surface area (Å²) < 4.78 is 1.32. The molecule has 0 radical (unpaired) electrons. The predicted octanol–water partition coefficient (Wildman–Crippen LogP) is 1.28. The van der Waals surface area contributed by atoms with Crippen molar-refractivity contribution in [3.05, 3.63) is 41.7 Å². The van der Waals surface area contributed by atoms with Crippen LogP contribution in [0.4, 0.5) is 0 Å². The van der Waals surface area contributed by atoms with E-state index in [2.05, 4.69) is 5.10 Å². The minimum atomic E-state index is -1.02. The largest absolute Gasteiger partial charge is 0.477 e. The third-order valence-electron chi connectivity index (χ3n) is 2.56. The number of hydrogen-bond acceptors (Lipinski definition) is 3. The number of aliphatic hydroxyl groups excluding tert-OH is 1. The second-order valence-corrected chi connectivity index (χ2v) is 3.69. The Balaban J connectivity index is 2.56. The van der Waals surface area contributed by atoms with Crippen LogP contribution in [0.15, 0.2) is 30.5 Å². The number of aromatic nitrogens is 2. The molecule has 0 aliphatic rings. The van der Waals surface area contributed by atoms with Gasteiger partial charge in [0.2, 0.25) is 0 Å². The molecule has 0 amide bonds. The van der Waals surface area contributed by atoms with Crippen LogP contribution >= 0.6 is 0 Å². The number of nitrogens with zero attached hydrogens (tertiary/aromatic N) is 2. The molecule has 0 fully saturated rings. The number of hydrogen-bond donors (Lipinski definition) is 2. The first-order valence-electron chi connectivity index (χ1n) is 5.09. The van der Waals surface area contributed by atoms with Crippen molar-refractivity contribution >= 4 is 5.97 Å². The van der Waals surface area contributed by atoms with Gasteiger partial charge in [0.1, 0.15) is 0 Å². The summed E-state index contributed by atoms with van der Waals surface area (Å²) in [5.74, 6) is -1.02. The van der Waals surface area contributed by atoms with E-state index in [9.17, 15) is 4.79 Å². The van der Waals surface area contributed by atoms with Gasteiger partial charge in [0, 0.05) is 12.6 Å². The summed E-state index contributed by atoms with van der Waals surface area (Å²) in [5.41, 5.74) is 2.17. The quantitative estimate of drug-likeness (QED) is 0.835. The summed E-state index contributed by atoms with van der Waals surface area (Å²) >= 11 is 0. The number of carboxylic acids is 1. The highest BCUT2D eigenvalue weighted by Gasteiger charge is 2.16. The van der Waals surface area contributed by atoms with Gasteiger partial charge in [0.15, 0.2) is 5.69 Å². The summed E-state index contributed by atoms with van der Waals surface area (Å²) in [7, 11) is 1.59. The van der Waals surface area contributed by atoms with Gasteiger partial charge in [-0.3, -0.25) is 4.68 Å². The Kier molecular flexibility index (Phi) is 2.93. The Bertz CT molecular complexity index is 561. The molecule has 0 saturated carbocycles. The van der Waals surface area contributed by atoms with Crippen molar-refractivity contribution in [2.24, 2.45) is 7.05 Å². The molecule has 5 nitrogen and oxygen atoms in total. The first kappa shape index (κ1) is 11.3. The number of carboxylic acid groups (broad SMARTS) is 1. The highest BCUT2D eigenvalue weighted by atomic mass is 16.4. The minimum Gasteiger partial charge on any atom is -0.477 e. The Morgan fingerprint density at radius 3 is 2.88 bits per heavy atom. The van der Waals surface area contributed by atoms with Gasteiger partial charge in [-0.2, -0.15) is 5.10 Å². The Labute approximate surface area is 97.9 Å². The van der Waals surface area contributed by atoms with Crippen LogP contribution in [0, 0.1) is 0 Å². The average molecular weight is 232 g/mol. The predicted molar refractivity (Wildman–Crippen MR) is 61.5 cm³/mol. The van der Waals surface area contributed by atoms with Crippen molar-refractivity contribution in [2.75, 3.05) is 0 Å². The molecule has 0 spiro atoms. The van der Waals surface area contributed by atoms with Crippen LogP contribution in [0.5, 0.6) is 0 Å². The van der Waals surface area contributed by atoms with E-state index in [0.717, 1.165) is 11.1 Å². The van der Waals surface area contributed by atoms with Gasteiger partial charge in [-0.05, 0) is 17.2 Å². The number of carbonyl (C=O) groups is 1. The summed E-state index contributed by atoms with van der Waals surface area (Å²) in [4.78, 5) is 11.1. The summed E-state index contributed by atoms with van der Waals surface area (Å²) in [6, 6.07) is 7.10. The van der Waals surface area contributed by atoms with E-state index >= 15 is 0 Å². The molecule has 1 aromatic carbocycles. The molecule has 0 atom stereocenters. The topological polar surface area (TPSA) is 75.3 Å². The van der Waals surface area contributed by atoms with Gasteiger partial charge in [0.25, 0.3) is 0 Å². The van der Waals surface area contributed by atoms with Crippen molar-refractivity contribution in [3.8, 4) is 11.1 Å². The average Bonchev–Trinajstić information content (AvgIpc) is 2.71. The molecule has 2 N–H and O–H groups in total. The van der Waals surface area contributed by atoms with E-state index < -0.39 is 5.97 Å². The van der Waals surface area contributed by atoms with Crippen LogP contribution in [0.2, 0.25) is 0 Å². The molecule has 5 heteroatoms. The molecule has 1 aromatic heterocycles. The maximum absolute atomic E-state index is 11.1. The molecule has 2 aromatic rings. The van der Waals surface area contributed by atoms with Crippen LogP contribution in [0.3, 0.4) is 0 Å². The molecule has 1 heterocycles. The van der Waals surface area contributed by atoms with Crippen molar-refractivity contribution < 1.29 is 15.0 Å². The molecule has 0 bridgehead atoms. The number of benzene rings is 1. The lowest BCUT2D eigenvalue weighted by molar-refractivity contribution is 0.0686. The van der Waals surface area contributed by atoms with E-state index in [-0.39, 0.29) is 12.3 Å². The van der Waals surface area contributed by atoms with Crippen molar-refractivity contribution in [1.29, 1.82) is 0 Å². The number of aliphatic hydroxyl groups is 1. The Morgan fingerprint density at radius 2 is 2.24 bits per heavy atom. The smallest absolute Gasteiger partial charge is 0.354 e. The van der Waals surface area contributed by atoms with Gasteiger partial charge in [-0.25, -0.2) is 4.79 Å². The SMILES string of the molecule is Cn1ncc(-c2cccc(CO)c2)c1C(=O)O. The third-order valence-corrected chi connectivity index (χ3v) is 2.56. The summed E-state index contributed by atoms with van der Waals surface area (Å²) in [6.07, 6.45) is 1.51. The van der Waals surface area contributed by atoms with Crippen LogP contribution in [-0.4, -0.2) is 26.0 Å². The van der Waals surface area contributed by atoms with Gasteiger partial charge in [0.05, 0.1) is 12.8 Å². The molecule has 0 saturated heterocycles. The second kappa shape index (κ2) is 4.39. The lowest BCUT2D eigenvalue weighted by atomic mass is 10.0. The fourth-order valence-electron chi connectivity index (χ4n) is 1.74. The minimum absolute atomic E-state index is 0.0729. The van der Waals surface area contributed by atoms with Crippen LogP contribution in [0.1, 0.15) is 16.1 Å². The monoisotopic (exact) mass is 232 g/mol. The van der Waals surface area contributed by atoms with Crippen molar-refractivity contribution in [1.82, 2.24) is 9.78 Å². The molecular formula is C12H12N2O3. The van der Waals surface area contributed by atoms with Crippen LogP contribution in [-0.2, 0) is 13.7 Å². The molecule has 0 aliphatic heterocycles. The molecule has 0 aliphatic carbocycles. The maximum atomic E-state index is 11.1. The Morgan fingerprint density at radius 1 is 1.47 bits per heavy atom. The molecule has 2 rings (SSSR count). The highest BCUT2D eigenvalue weighted by molar-refractivity contribution is 5.94. The fraction of sp³-hybridized carbons (Fsp3) is 0.167. The normalized spacial score (nSPS) is 10.5. The van der Waals surface area contributed by atoms with Gasteiger partial charge in [-0.1, -0.05) is 18.2 Å². The van der Waals surface area contributed by atoms with Gasteiger partial charge < -0.3 is 10.2 Å². The van der Waals surface area contributed by atoms with E-state index in [1.54, 1.807) is 31.3 Å². The van der Waals surface area contributed by atoms with Crippen LogP contribution in [0.25, 0.3) is 11.1 Å². The van der Waals surface area contributed by atoms with E-state index in [0.29, 0.717) is 5.56 Å². The zero-order valence-corrected chi connectivity index (χ0v) is 9.29. The van der Waals surface area contributed by atoms with Crippen molar-refractivity contribution in [2.45, 2.75) is 6.61 Å². The maximum Gasteiger partial charge on any atom is 0.354 e. The zero-order chi connectivity index (χ0) is 12.4. The number of aryl methyl sites for hydroxylation is 1. The Hall–Kier alpha value is -2.14. The first-order chi connectivity index (χ1) is 8.13. The standard InChI is InChI=1S/C12H12N2O3/c1-14-11(12(16)17)10(6-13-14)9-4-2-3-8(5-9)7-15/h2-6,15H,7H2,1H3,(H,16,17). The number of aromatic carboxylic acids is 1. The van der Waals surface area contributed by atoms with Gasteiger partial charge >= 0.3 is 5.97 Å². The second-order valence-electron chi connectivity index (χ2n) is 3.69. The van der Waals surface area contributed by atoms with Crippen molar-refractivity contribution in [3.63, 3.8) is 0 Å².